The first-order valence-corrected chi connectivity index (χ1v) is 7.29. The first-order chi connectivity index (χ1) is 10.0. The van der Waals surface area contributed by atoms with Crippen molar-refractivity contribution in [2.45, 2.75) is 6.92 Å². The standard InChI is InChI=1S/C13H21N3O4S/c1-5-16(6-7-19-3)12-8(11(17)15-2)9(14)10(21-12)13(18)20-4/h5-7,14H2,1-4H3,(H,15,17). The Hall–Kier alpha value is -1.80. The van der Waals surface area contributed by atoms with Crippen LogP contribution in [0.25, 0.3) is 0 Å². The highest BCUT2D eigenvalue weighted by Crippen LogP contribution is 2.38. The average Bonchev–Trinajstić information content (AvgIpc) is 2.84. The molecule has 0 saturated carbocycles. The van der Waals surface area contributed by atoms with Crippen molar-refractivity contribution >= 4 is 33.9 Å². The molecule has 3 N–H and O–H groups in total. The molecule has 0 aliphatic heterocycles. The van der Waals surface area contributed by atoms with E-state index in [9.17, 15) is 9.59 Å². The summed E-state index contributed by atoms with van der Waals surface area (Å²) in [5, 5.41) is 3.19. The van der Waals surface area contributed by atoms with Crippen molar-refractivity contribution in [2.75, 3.05) is 51.6 Å². The van der Waals surface area contributed by atoms with Gasteiger partial charge >= 0.3 is 5.97 Å². The minimum atomic E-state index is -0.545. The third kappa shape index (κ3) is 3.64. The second-order valence-electron chi connectivity index (χ2n) is 4.17. The van der Waals surface area contributed by atoms with Gasteiger partial charge in [0.05, 0.1) is 25.0 Å². The number of nitrogens with zero attached hydrogens (tertiary/aromatic N) is 1. The van der Waals surface area contributed by atoms with E-state index in [1.165, 1.54) is 14.2 Å². The number of hydrogen-bond acceptors (Lipinski definition) is 7. The third-order valence-electron chi connectivity index (χ3n) is 2.99. The third-order valence-corrected chi connectivity index (χ3v) is 4.23. The first-order valence-electron chi connectivity index (χ1n) is 6.48. The van der Waals surface area contributed by atoms with Gasteiger partial charge in [0.15, 0.2) is 0 Å². The van der Waals surface area contributed by atoms with E-state index in [0.29, 0.717) is 30.3 Å². The molecule has 0 aromatic carbocycles. The van der Waals surface area contributed by atoms with E-state index < -0.39 is 5.97 Å². The number of ether oxygens (including phenoxy) is 2. The molecule has 0 spiro atoms. The van der Waals surface area contributed by atoms with E-state index in [1.54, 1.807) is 7.11 Å². The van der Waals surface area contributed by atoms with Gasteiger partial charge < -0.3 is 25.4 Å². The van der Waals surface area contributed by atoms with Crippen molar-refractivity contribution in [1.29, 1.82) is 0 Å². The molecule has 21 heavy (non-hydrogen) atoms. The summed E-state index contributed by atoms with van der Waals surface area (Å²) in [5.74, 6) is -0.874. The molecule has 8 heteroatoms. The zero-order valence-electron chi connectivity index (χ0n) is 12.7. The Morgan fingerprint density at radius 2 is 2.05 bits per heavy atom. The Balaban J connectivity index is 3.33. The Labute approximate surface area is 128 Å². The lowest BCUT2D eigenvalue weighted by molar-refractivity contribution is 0.0607. The average molecular weight is 315 g/mol. The highest BCUT2D eigenvalue weighted by atomic mass is 32.1. The fourth-order valence-corrected chi connectivity index (χ4v) is 3.07. The van der Waals surface area contributed by atoms with Crippen molar-refractivity contribution in [3.63, 3.8) is 0 Å². The normalized spacial score (nSPS) is 10.3. The lowest BCUT2D eigenvalue weighted by atomic mass is 10.2. The molecule has 118 valence electrons. The number of likely N-dealkylation sites (N-methyl/N-ethyl adjacent to an activating group) is 1. The van der Waals surface area contributed by atoms with Gasteiger partial charge in [-0.2, -0.15) is 0 Å². The number of anilines is 2. The predicted molar refractivity (Wildman–Crippen MR) is 83.2 cm³/mol. The number of nitrogens with one attached hydrogen (secondary N) is 1. The van der Waals surface area contributed by atoms with Crippen LogP contribution in [-0.2, 0) is 9.47 Å². The van der Waals surface area contributed by atoms with Crippen LogP contribution in [0.15, 0.2) is 0 Å². The predicted octanol–water partition coefficient (Wildman–Crippen LogP) is 0.949. The second-order valence-corrected chi connectivity index (χ2v) is 5.17. The number of nitrogen functional groups attached to an aromatic ring is 1. The summed E-state index contributed by atoms with van der Waals surface area (Å²) in [5.41, 5.74) is 6.43. The molecule has 0 atom stereocenters. The zero-order chi connectivity index (χ0) is 16.0. The molecule has 0 aliphatic carbocycles. The molecule has 0 saturated heterocycles. The minimum absolute atomic E-state index is 0.150. The number of carbonyl (C=O) groups is 2. The largest absolute Gasteiger partial charge is 0.465 e. The van der Waals surface area contributed by atoms with E-state index in [-0.39, 0.29) is 16.5 Å². The number of methoxy groups -OCH3 is 2. The van der Waals surface area contributed by atoms with E-state index in [2.05, 4.69) is 5.32 Å². The van der Waals surface area contributed by atoms with Gasteiger partial charge in [0.1, 0.15) is 9.88 Å². The molecule has 1 aromatic heterocycles. The van der Waals surface area contributed by atoms with Crippen molar-refractivity contribution in [1.82, 2.24) is 5.32 Å². The SMILES string of the molecule is CCN(CCOC)c1sc(C(=O)OC)c(N)c1C(=O)NC. The lowest BCUT2D eigenvalue weighted by Gasteiger charge is -2.22. The van der Waals surface area contributed by atoms with Crippen molar-refractivity contribution < 1.29 is 19.1 Å². The molecular weight excluding hydrogens is 294 g/mol. The van der Waals surface area contributed by atoms with Crippen molar-refractivity contribution in [2.24, 2.45) is 0 Å². The summed E-state index contributed by atoms with van der Waals surface area (Å²) >= 11 is 1.16. The quantitative estimate of drug-likeness (QED) is 0.728. The number of amides is 1. The van der Waals surface area contributed by atoms with Crippen LogP contribution < -0.4 is 16.0 Å². The van der Waals surface area contributed by atoms with Crippen LogP contribution in [0.4, 0.5) is 10.7 Å². The number of esters is 1. The Morgan fingerprint density at radius 1 is 1.38 bits per heavy atom. The van der Waals surface area contributed by atoms with Crippen molar-refractivity contribution in [3.8, 4) is 0 Å². The summed E-state index contributed by atoms with van der Waals surface area (Å²) in [7, 11) is 4.41. The summed E-state index contributed by atoms with van der Waals surface area (Å²) < 4.78 is 9.78. The summed E-state index contributed by atoms with van der Waals surface area (Å²) in [4.78, 5) is 26.0. The molecule has 0 bridgehead atoms. The van der Waals surface area contributed by atoms with Gasteiger partial charge in [-0.05, 0) is 6.92 Å². The van der Waals surface area contributed by atoms with Crippen LogP contribution in [-0.4, -0.2) is 52.8 Å². The first kappa shape index (κ1) is 17.3. The molecular formula is C13H21N3O4S. The summed E-state index contributed by atoms with van der Waals surface area (Å²) in [6.45, 7) is 3.72. The molecule has 7 nitrogen and oxygen atoms in total. The molecule has 1 rings (SSSR count). The van der Waals surface area contributed by atoms with Crippen LogP contribution in [0.2, 0.25) is 0 Å². The second kappa shape index (κ2) is 7.84. The van der Waals surface area contributed by atoms with E-state index in [4.69, 9.17) is 15.2 Å². The zero-order valence-corrected chi connectivity index (χ0v) is 13.5. The number of rotatable bonds is 7. The topological polar surface area (TPSA) is 93.9 Å². The van der Waals surface area contributed by atoms with Crippen LogP contribution in [0.5, 0.6) is 0 Å². The van der Waals surface area contributed by atoms with Gasteiger partial charge in [-0.25, -0.2) is 4.79 Å². The van der Waals surface area contributed by atoms with Gasteiger partial charge in [0, 0.05) is 27.2 Å². The van der Waals surface area contributed by atoms with Gasteiger partial charge in [-0.1, -0.05) is 0 Å². The summed E-state index contributed by atoms with van der Waals surface area (Å²) in [6, 6.07) is 0. The smallest absolute Gasteiger partial charge is 0.350 e. The highest BCUT2D eigenvalue weighted by molar-refractivity contribution is 7.19. The monoisotopic (exact) mass is 315 g/mol. The number of hydrogen-bond donors (Lipinski definition) is 2. The fraction of sp³-hybridized carbons (Fsp3) is 0.538. The molecule has 1 aromatic rings. The summed E-state index contributed by atoms with van der Waals surface area (Å²) in [6.07, 6.45) is 0. The Bertz CT molecular complexity index is 516. The van der Waals surface area contributed by atoms with Gasteiger partial charge in [-0.15, -0.1) is 11.3 Å². The van der Waals surface area contributed by atoms with E-state index >= 15 is 0 Å². The van der Waals surface area contributed by atoms with Crippen LogP contribution in [0, 0.1) is 0 Å². The molecule has 0 fully saturated rings. The molecule has 0 unspecified atom stereocenters. The van der Waals surface area contributed by atoms with E-state index in [0.717, 1.165) is 11.3 Å². The molecule has 1 amide bonds. The van der Waals surface area contributed by atoms with Crippen LogP contribution >= 0.6 is 11.3 Å². The Morgan fingerprint density at radius 3 is 2.52 bits per heavy atom. The maximum atomic E-state index is 12.1. The van der Waals surface area contributed by atoms with Gasteiger partial charge in [0.2, 0.25) is 0 Å². The molecule has 0 radical (unpaired) electrons. The fourth-order valence-electron chi connectivity index (χ4n) is 1.85. The highest BCUT2D eigenvalue weighted by Gasteiger charge is 2.27. The van der Waals surface area contributed by atoms with Crippen molar-refractivity contribution in [3.05, 3.63) is 10.4 Å². The van der Waals surface area contributed by atoms with Gasteiger partial charge in [-0.3, -0.25) is 4.79 Å². The molecule has 1 heterocycles. The minimum Gasteiger partial charge on any atom is -0.465 e. The maximum Gasteiger partial charge on any atom is 0.350 e. The molecule has 0 aliphatic rings. The van der Waals surface area contributed by atoms with Crippen LogP contribution in [0.1, 0.15) is 27.0 Å². The Kier molecular flexibility index (Phi) is 6.44. The number of thiophene rings is 1. The van der Waals surface area contributed by atoms with Crippen LogP contribution in [0.3, 0.4) is 0 Å². The number of nitrogens with two attached hydrogens (primary N) is 1. The maximum absolute atomic E-state index is 12.1. The van der Waals surface area contributed by atoms with Gasteiger partial charge in [0.25, 0.3) is 5.91 Å². The lowest BCUT2D eigenvalue weighted by Crippen LogP contribution is -2.29. The number of carbonyl (C=O) groups excluding carboxylic acids is 2. The van der Waals surface area contributed by atoms with E-state index in [1.807, 2.05) is 11.8 Å².